The molecule has 0 saturated carbocycles. The molecule has 100 valence electrons. The number of anilines is 2. The lowest BCUT2D eigenvalue weighted by molar-refractivity contribution is 0.432. The van der Waals surface area contributed by atoms with Gasteiger partial charge in [-0.2, -0.15) is 4.98 Å². The van der Waals surface area contributed by atoms with Crippen molar-refractivity contribution in [2.24, 2.45) is 0 Å². The number of nitrogens with zero attached hydrogens (tertiary/aromatic N) is 3. The predicted molar refractivity (Wildman–Crippen MR) is 76.1 cm³/mol. The van der Waals surface area contributed by atoms with Crippen molar-refractivity contribution in [3.8, 4) is 0 Å². The van der Waals surface area contributed by atoms with Crippen LogP contribution in [0.2, 0.25) is 5.28 Å². The minimum Gasteiger partial charge on any atom is -0.394 e. The van der Waals surface area contributed by atoms with Crippen molar-refractivity contribution in [1.82, 2.24) is 9.97 Å². The van der Waals surface area contributed by atoms with Crippen molar-refractivity contribution in [2.45, 2.75) is 52.0 Å². The molecule has 1 fully saturated rings. The van der Waals surface area contributed by atoms with Gasteiger partial charge in [0.15, 0.2) is 5.82 Å². The van der Waals surface area contributed by atoms with Gasteiger partial charge in [0.1, 0.15) is 0 Å². The second-order valence-electron chi connectivity index (χ2n) is 4.95. The lowest BCUT2D eigenvalue weighted by Crippen LogP contribution is -2.40. The minimum atomic E-state index is 0.289. The predicted octanol–water partition coefficient (Wildman–Crippen LogP) is 3.18. The van der Waals surface area contributed by atoms with E-state index in [4.69, 9.17) is 17.3 Å². The first-order chi connectivity index (χ1) is 8.63. The monoisotopic (exact) mass is 268 g/mol. The average molecular weight is 269 g/mol. The lowest BCUT2D eigenvalue weighted by Gasteiger charge is -2.37. The molecular weight excluding hydrogens is 248 g/mol. The number of rotatable bonds is 3. The minimum absolute atomic E-state index is 0.289. The van der Waals surface area contributed by atoms with E-state index >= 15 is 0 Å². The maximum Gasteiger partial charge on any atom is 0.224 e. The number of halogens is 1. The zero-order valence-corrected chi connectivity index (χ0v) is 11.9. The quantitative estimate of drug-likeness (QED) is 0.856. The van der Waals surface area contributed by atoms with Crippen molar-refractivity contribution < 1.29 is 0 Å². The fraction of sp³-hybridized carbons (Fsp3) is 0.692. The van der Waals surface area contributed by atoms with E-state index in [2.05, 4.69) is 21.8 Å². The molecule has 1 aromatic rings. The first-order valence-corrected chi connectivity index (χ1v) is 7.07. The van der Waals surface area contributed by atoms with Gasteiger partial charge in [0.05, 0.1) is 11.4 Å². The second-order valence-corrected chi connectivity index (χ2v) is 5.29. The van der Waals surface area contributed by atoms with Crippen molar-refractivity contribution in [3.05, 3.63) is 11.0 Å². The number of piperidine rings is 1. The molecule has 0 aliphatic carbocycles. The van der Waals surface area contributed by atoms with Crippen LogP contribution in [-0.2, 0) is 0 Å². The van der Waals surface area contributed by atoms with Gasteiger partial charge in [-0.3, -0.25) is 0 Å². The Labute approximate surface area is 114 Å². The Morgan fingerprint density at radius 2 is 2.17 bits per heavy atom. The molecule has 1 aliphatic rings. The van der Waals surface area contributed by atoms with Crippen LogP contribution in [-0.4, -0.2) is 22.6 Å². The Hall–Kier alpha value is -1.03. The fourth-order valence-corrected chi connectivity index (χ4v) is 2.87. The van der Waals surface area contributed by atoms with Gasteiger partial charge in [-0.1, -0.05) is 13.3 Å². The van der Waals surface area contributed by atoms with Crippen LogP contribution in [0.5, 0.6) is 0 Å². The summed E-state index contributed by atoms with van der Waals surface area (Å²) in [7, 11) is 0. The summed E-state index contributed by atoms with van der Waals surface area (Å²) in [5.41, 5.74) is 7.55. The van der Waals surface area contributed by atoms with Gasteiger partial charge in [0, 0.05) is 12.6 Å². The summed E-state index contributed by atoms with van der Waals surface area (Å²) in [6.07, 6.45) is 6.06. The maximum absolute atomic E-state index is 6.12. The SMILES string of the molecule is CCCC1CCCCN1c1nc(Cl)nc(C)c1N. The third kappa shape index (κ3) is 2.69. The Morgan fingerprint density at radius 1 is 1.39 bits per heavy atom. The molecule has 0 amide bonds. The topological polar surface area (TPSA) is 55.0 Å². The van der Waals surface area contributed by atoms with Gasteiger partial charge in [0.2, 0.25) is 5.28 Å². The van der Waals surface area contributed by atoms with Crippen LogP contribution >= 0.6 is 11.6 Å². The van der Waals surface area contributed by atoms with E-state index in [1.165, 1.54) is 32.1 Å². The standard InChI is InChI=1S/C13H21ClN4/c1-3-6-10-7-4-5-8-18(10)12-11(15)9(2)16-13(14)17-12/h10H,3-8,15H2,1-2H3. The summed E-state index contributed by atoms with van der Waals surface area (Å²) in [6.45, 7) is 5.11. The van der Waals surface area contributed by atoms with E-state index in [1.807, 2.05) is 6.92 Å². The molecule has 4 nitrogen and oxygen atoms in total. The van der Waals surface area contributed by atoms with Crippen LogP contribution in [0, 0.1) is 6.92 Å². The number of aryl methyl sites for hydroxylation is 1. The third-order valence-electron chi connectivity index (χ3n) is 3.61. The van der Waals surface area contributed by atoms with E-state index in [0.717, 1.165) is 18.1 Å². The Morgan fingerprint density at radius 3 is 2.89 bits per heavy atom. The molecule has 1 aromatic heterocycles. The Balaban J connectivity index is 2.33. The summed E-state index contributed by atoms with van der Waals surface area (Å²) >= 11 is 5.96. The van der Waals surface area contributed by atoms with Crippen LogP contribution < -0.4 is 10.6 Å². The molecule has 5 heteroatoms. The number of aromatic nitrogens is 2. The first kappa shape index (κ1) is 13.4. The zero-order chi connectivity index (χ0) is 13.1. The lowest BCUT2D eigenvalue weighted by atomic mass is 9.98. The summed E-state index contributed by atoms with van der Waals surface area (Å²) in [6, 6.07) is 0.538. The second kappa shape index (κ2) is 5.74. The molecule has 1 unspecified atom stereocenters. The highest BCUT2D eigenvalue weighted by Gasteiger charge is 2.25. The van der Waals surface area contributed by atoms with Crippen LogP contribution in [0.25, 0.3) is 0 Å². The molecule has 0 radical (unpaired) electrons. The molecule has 1 aliphatic heterocycles. The summed E-state index contributed by atoms with van der Waals surface area (Å²) in [5, 5.41) is 0.289. The van der Waals surface area contributed by atoms with Gasteiger partial charge >= 0.3 is 0 Å². The van der Waals surface area contributed by atoms with Crippen molar-refractivity contribution in [3.63, 3.8) is 0 Å². The molecule has 2 rings (SSSR count). The number of hydrogen-bond acceptors (Lipinski definition) is 4. The van der Waals surface area contributed by atoms with E-state index in [1.54, 1.807) is 0 Å². The highest BCUT2D eigenvalue weighted by atomic mass is 35.5. The van der Waals surface area contributed by atoms with Crippen molar-refractivity contribution >= 4 is 23.1 Å². The highest BCUT2D eigenvalue weighted by molar-refractivity contribution is 6.28. The fourth-order valence-electron chi connectivity index (χ4n) is 2.66. The van der Waals surface area contributed by atoms with E-state index in [9.17, 15) is 0 Å². The van der Waals surface area contributed by atoms with Crippen molar-refractivity contribution in [2.75, 3.05) is 17.2 Å². The summed E-state index contributed by atoms with van der Waals surface area (Å²) in [5.74, 6) is 0.825. The highest BCUT2D eigenvalue weighted by Crippen LogP contribution is 2.31. The normalized spacial score (nSPS) is 20.2. The van der Waals surface area contributed by atoms with E-state index < -0.39 is 0 Å². The van der Waals surface area contributed by atoms with Crippen LogP contribution in [0.15, 0.2) is 0 Å². The van der Waals surface area contributed by atoms with Gasteiger partial charge in [-0.05, 0) is 44.2 Å². The van der Waals surface area contributed by atoms with Crippen molar-refractivity contribution in [1.29, 1.82) is 0 Å². The third-order valence-corrected chi connectivity index (χ3v) is 3.78. The van der Waals surface area contributed by atoms with Gasteiger partial charge < -0.3 is 10.6 Å². The number of hydrogen-bond donors (Lipinski definition) is 1. The zero-order valence-electron chi connectivity index (χ0n) is 11.1. The number of nitrogens with two attached hydrogens (primary N) is 1. The molecule has 2 heterocycles. The molecule has 1 atom stereocenters. The largest absolute Gasteiger partial charge is 0.394 e. The summed E-state index contributed by atoms with van der Waals surface area (Å²) in [4.78, 5) is 10.8. The van der Waals surface area contributed by atoms with Gasteiger partial charge in [0.25, 0.3) is 0 Å². The van der Waals surface area contributed by atoms with E-state index in [0.29, 0.717) is 11.7 Å². The Kier molecular flexibility index (Phi) is 4.27. The average Bonchev–Trinajstić information content (AvgIpc) is 2.35. The molecule has 0 spiro atoms. The molecule has 2 N–H and O–H groups in total. The Bertz CT molecular complexity index is 420. The first-order valence-electron chi connectivity index (χ1n) is 6.69. The maximum atomic E-state index is 6.12. The molecule has 18 heavy (non-hydrogen) atoms. The van der Waals surface area contributed by atoms with Crippen LogP contribution in [0.1, 0.15) is 44.7 Å². The molecular formula is C13H21ClN4. The van der Waals surface area contributed by atoms with Gasteiger partial charge in [-0.25, -0.2) is 4.98 Å². The molecule has 0 aromatic carbocycles. The molecule has 0 bridgehead atoms. The summed E-state index contributed by atoms with van der Waals surface area (Å²) < 4.78 is 0. The smallest absolute Gasteiger partial charge is 0.224 e. The van der Waals surface area contributed by atoms with Gasteiger partial charge in [-0.15, -0.1) is 0 Å². The molecule has 1 saturated heterocycles. The number of nitrogen functional groups attached to an aromatic ring is 1. The van der Waals surface area contributed by atoms with Crippen LogP contribution in [0.4, 0.5) is 11.5 Å². The van der Waals surface area contributed by atoms with Crippen LogP contribution in [0.3, 0.4) is 0 Å². The van der Waals surface area contributed by atoms with E-state index in [-0.39, 0.29) is 5.28 Å².